The Labute approximate surface area is 174 Å². The van der Waals surface area contributed by atoms with Crippen molar-refractivity contribution in [3.63, 3.8) is 0 Å². The molecule has 1 heterocycles. The van der Waals surface area contributed by atoms with Crippen LogP contribution in [-0.2, 0) is 0 Å². The van der Waals surface area contributed by atoms with Crippen LogP contribution in [0.1, 0.15) is 83.1 Å². The fraction of sp³-hybridized carbons (Fsp3) is 0.667. The van der Waals surface area contributed by atoms with Gasteiger partial charge in [0.1, 0.15) is 0 Å². The molecule has 0 spiro atoms. The summed E-state index contributed by atoms with van der Waals surface area (Å²) >= 11 is 0. The van der Waals surface area contributed by atoms with E-state index in [0.717, 1.165) is 50.8 Å². The van der Waals surface area contributed by atoms with Crippen molar-refractivity contribution in [3.8, 4) is 5.75 Å². The summed E-state index contributed by atoms with van der Waals surface area (Å²) in [7, 11) is 0. The first-order valence-electron chi connectivity index (χ1n) is 11.5. The summed E-state index contributed by atoms with van der Waals surface area (Å²) in [6, 6.07) is 5.07. The highest BCUT2D eigenvalue weighted by molar-refractivity contribution is 6.07. The largest absolute Gasteiger partial charge is 0.491 e. The van der Waals surface area contributed by atoms with E-state index in [0.29, 0.717) is 18.1 Å². The highest BCUT2D eigenvalue weighted by Crippen LogP contribution is 2.31. The van der Waals surface area contributed by atoms with Crippen LogP contribution < -0.4 is 10.1 Å². The topological polar surface area (TPSA) is 57.5 Å². The summed E-state index contributed by atoms with van der Waals surface area (Å²) in [5.74, 6) is 0.506. The zero-order chi connectivity index (χ0) is 20.5. The summed E-state index contributed by atoms with van der Waals surface area (Å²) in [6.07, 6.45) is 12.9. The third-order valence-corrected chi connectivity index (χ3v) is 6.14. The molecule has 1 aliphatic carbocycles. The second-order valence-corrected chi connectivity index (χ2v) is 8.42. The lowest BCUT2D eigenvalue weighted by Gasteiger charge is -2.30. The molecule has 5 heteroatoms. The van der Waals surface area contributed by atoms with Crippen LogP contribution in [0.25, 0.3) is 0 Å². The maximum atomic E-state index is 14.5. The van der Waals surface area contributed by atoms with E-state index in [9.17, 15) is 4.39 Å². The van der Waals surface area contributed by atoms with Crippen molar-refractivity contribution in [1.29, 1.82) is 5.41 Å². The van der Waals surface area contributed by atoms with Gasteiger partial charge >= 0.3 is 0 Å². The molecule has 3 rings (SSSR count). The van der Waals surface area contributed by atoms with Crippen LogP contribution in [0, 0.1) is 17.1 Å². The van der Waals surface area contributed by atoms with Gasteiger partial charge in [-0.2, -0.15) is 0 Å². The van der Waals surface area contributed by atoms with Crippen molar-refractivity contribution < 1.29 is 9.13 Å². The molecule has 0 bridgehead atoms. The monoisotopic (exact) mass is 401 g/mol. The molecule has 0 radical (unpaired) electrons. The first kappa shape index (κ1) is 21.9. The van der Waals surface area contributed by atoms with E-state index in [4.69, 9.17) is 10.1 Å². The molecule has 1 aromatic rings. The molecule has 1 saturated heterocycles. The number of benzene rings is 1. The first-order valence-corrected chi connectivity index (χ1v) is 11.5. The predicted molar refractivity (Wildman–Crippen MR) is 118 cm³/mol. The minimum absolute atomic E-state index is 0.155. The summed E-state index contributed by atoms with van der Waals surface area (Å²) in [5, 5.41) is 11.9. The van der Waals surface area contributed by atoms with Crippen LogP contribution >= 0.6 is 0 Å². The Hall–Kier alpha value is -1.75. The van der Waals surface area contributed by atoms with Crippen LogP contribution in [0.15, 0.2) is 23.2 Å². The lowest BCUT2D eigenvalue weighted by atomic mass is 9.79. The molecule has 160 valence electrons. The van der Waals surface area contributed by atoms with E-state index >= 15 is 0 Å². The molecule has 4 nitrogen and oxygen atoms in total. The molecule has 2 fully saturated rings. The van der Waals surface area contributed by atoms with Crippen LogP contribution in [0.3, 0.4) is 0 Å². The SMILES string of the molecule is CCCCCCCCOc1ccc(C(=N)N=C(C2CCC2)C2CCCN2)cc1F. The van der Waals surface area contributed by atoms with Gasteiger partial charge in [0.15, 0.2) is 17.4 Å². The van der Waals surface area contributed by atoms with Gasteiger partial charge in [-0.1, -0.05) is 45.4 Å². The zero-order valence-electron chi connectivity index (χ0n) is 17.8. The first-order chi connectivity index (χ1) is 14.2. The minimum atomic E-state index is -0.405. The predicted octanol–water partition coefficient (Wildman–Crippen LogP) is 5.88. The quantitative estimate of drug-likeness (QED) is 0.276. The highest BCUT2D eigenvalue weighted by Gasteiger charge is 2.31. The normalized spacial score (nSPS) is 19.9. The van der Waals surface area contributed by atoms with E-state index in [1.807, 2.05) is 0 Å². The molecule has 2 aliphatic rings. The van der Waals surface area contributed by atoms with Crippen LogP contribution in [0.5, 0.6) is 5.75 Å². The lowest BCUT2D eigenvalue weighted by molar-refractivity contribution is 0.290. The minimum Gasteiger partial charge on any atom is -0.491 e. The summed E-state index contributed by atoms with van der Waals surface area (Å²) < 4.78 is 20.1. The van der Waals surface area contributed by atoms with Gasteiger partial charge in [0, 0.05) is 17.3 Å². The van der Waals surface area contributed by atoms with Gasteiger partial charge in [-0.05, 0) is 62.8 Å². The number of nitrogens with one attached hydrogen (secondary N) is 2. The molecule has 1 aromatic carbocycles. The number of halogens is 1. The van der Waals surface area contributed by atoms with E-state index in [-0.39, 0.29) is 17.6 Å². The van der Waals surface area contributed by atoms with E-state index < -0.39 is 5.82 Å². The molecule has 29 heavy (non-hydrogen) atoms. The van der Waals surface area contributed by atoms with Crippen molar-refractivity contribution in [3.05, 3.63) is 29.6 Å². The molecule has 1 saturated carbocycles. The summed E-state index contributed by atoms with van der Waals surface area (Å²) in [5.41, 5.74) is 1.62. The summed E-state index contributed by atoms with van der Waals surface area (Å²) in [6.45, 7) is 3.76. The Balaban J connectivity index is 1.54. The third-order valence-electron chi connectivity index (χ3n) is 6.14. The number of unbranched alkanes of at least 4 members (excludes halogenated alkanes) is 5. The van der Waals surface area contributed by atoms with Gasteiger partial charge in [-0.3, -0.25) is 5.41 Å². The Kier molecular flexibility index (Phi) is 8.66. The van der Waals surface area contributed by atoms with E-state index in [1.54, 1.807) is 12.1 Å². The Morgan fingerprint density at radius 1 is 1.14 bits per heavy atom. The molecular weight excluding hydrogens is 365 g/mol. The standard InChI is InChI=1S/C24H36FN3O/c1-2-3-4-5-6-7-16-29-22-14-13-19(17-20(22)25)24(26)28-23(18-10-8-11-18)21-12-9-15-27-21/h13-14,17-18,21,26-27H,2-12,15-16H2,1H3. The molecule has 1 atom stereocenters. The molecular formula is C24H36FN3O. The number of hydrogen-bond acceptors (Lipinski definition) is 3. The average molecular weight is 402 g/mol. The molecule has 1 unspecified atom stereocenters. The smallest absolute Gasteiger partial charge is 0.165 e. The fourth-order valence-electron chi connectivity index (χ4n) is 4.12. The molecule has 0 aromatic heterocycles. The molecule has 0 amide bonds. The van der Waals surface area contributed by atoms with Crippen LogP contribution in [0.4, 0.5) is 4.39 Å². The second-order valence-electron chi connectivity index (χ2n) is 8.42. The number of aliphatic imine (C=N–C) groups is 1. The average Bonchev–Trinajstić information content (AvgIpc) is 3.21. The number of ether oxygens (including phenoxy) is 1. The van der Waals surface area contributed by atoms with Crippen molar-refractivity contribution in [2.24, 2.45) is 10.9 Å². The van der Waals surface area contributed by atoms with Crippen LogP contribution in [0.2, 0.25) is 0 Å². The summed E-state index contributed by atoms with van der Waals surface area (Å²) in [4.78, 5) is 4.66. The highest BCUT2D eigenvalue weighted by atomic mass is 19.1. The number of rotatable bonds is 11. The fourth-order valence-corrected chi connectivity index (χ4v) is 4.12. The van der Waals surface area contributed by atoms with Gasteiger partial charge in [0.25, 0.3) is 0 Å². The Morgan fingerprint density at radius 2 is 1.93 bits per heavy atom. The molecule has 2 N–H and O–H groups in total. The maximum Gasteiger partial charge on any atom is 0.165 e. The van der Waals surface area contributed by atoms with Crippen molar-refractivity contribution in [2.75, 3.05) is 13.2 Å². The Morgan fingerprint density at radius 3 is 2.59 bits per heavy atom. The molecule has 1 aliphatic heterocycles. The zero-order valence-corrected chi connectivity index (χ0v) is 17.8. The number of nitrogens with zero attached hydrogens (tertiary/aromatic N) is 1. The van der Waals surface area contributed by atoms with Gasteiger partial charge < -0.3 is 10.1 Å². The Bertz CT molecular complexity index is 693. The number of hydrogen-bond donors (Lipinski definition) is 2. The number of amidine groups is 1. The van der Waals surface area contributed by atoms with Gasteiger partial charge in [-0.25, -0.2) is 9.38 Å². The van der Waals surface area contributed by atoms with Crippen LogP contribution in [-0.4, -0.2) is 30.7 Å². The van der Waals surface area contributed by atoms with Gasteiger partial charge in [0.05, 0.1) is 6.61 Å². The third kappa shape index (κ3) is 6.36. The second kappa shape index (κ2) is 11.4. The maximum absolute atomic E-state index is 14.5. The van der Waals surface area contributed by atoms with Gasteiger partial charge in [0.2, 0.25) is 0 Å². The van der Waals surface area contributed by atoms with Crippen molar-refractivity contribution in [1.82, 2.24) is 5.32 Å². The van der Waals surface area contributed by atoms with E-state index in [1.165, 1.54) is 38.2 Å². The van der Waals surface area contributed by atoms with Crippen molar-refractivity contribution in [2.45, 2.75) is 83.6 Å². The lowest BCUT2D eigenvalue weighted by Crippen LogP contribution is -2.39. The van der Waals surface area contributed by atoms with Gasteiger partial charge in [-0.15, -0.1) is 0 Å². The van der Waals surface area contributed by atoms with Crippen molar-refractivity contribution >= 4 is 11.5 Å². The van der Waals surface area contributed by atoms with E-state index in [2.05, 4.69) is 17.2 Å².